The maximum atomic E-state index is 4.69. The van der Waals surface area contributed by atoms with Crippen molar-refractivity contribution in [2.75, 3.05) is 0 Å². The lowest BCUT2D eigenvalue weighted by Crippen LogP contribution is -2.18. The maximum Gasteiger partial charge on any atom is 0.123 e. The minimum absolute atomic E-state index is 0.381. The Bertz CT molecular complexity index is 1660. The number of hydrogen-bond donors (Lipinski definition) is 4. The molecule has 4 N–H and O–H groups in total. The van der Waals surface area contributed by atoms with Crippen molar-refractivity contribution in [3.63, 3.8) is 0 Å². The highest BCUT2D eigenvalue weighted by Crippen LogP contribution is 2.46. The normalized spacial score (nSPS) is 28.9. The Morgan fingerprint density at radius 3 is 1.61 bits per heavy atom. The number of aromatic nitrogens is 4. The molecule has 3 aromatic carbocycles. The van der Waals surface area contributed by atoms with Gasteiger partial charge in [0.2, 0.25) is 0 Å². The van der Waals surface area contributed by atoms with Crippen LogP contribution in [0, 0.1) is 11.8 Å². The molecule has 0 amide bonds. The van der Waals surface area contributed by atoms with Crippen molar-refractivity contribution in [2.24, 2.45) is 11.8 Å². The fraction of sp³-hybridized carbons (Fsp3) is 0.312. The molecular formula is C32H30N6. The molecule has 4 aliphatic rings. The molecule has 6 nitrogen and oxygen atoms in total. The molecule has 9 rings (SSSR count). The minimum Gasteiger partial charge on any atom is -0.341 e. The van der Waals surface area contributed by atoms with Crippen LogP contribution in [0.15, 0.2) is 73.1 Å². The van der Waals surface area contributed by atoms with Crippen molar-refractivity contribution in [3.05, 3.63) is 84.7 Å². The average molecular weight is 499 g/mol. The van der Waals surface area contributed by atoms with Gasteiger partial charge in [-0.05, 0) is 77.1 Å². The Labute approximate surface area is 221 Å². The number of benzene rings is 3. The number of imidazole rings is 2. The fourth-order valence-corrected chi connectivity index (χ4v) is 6.82. The zero-order chi connectivity index (χ0) is 24.8. The third kappa shape index (κ3) is 3.55. The Hall–Kier alpha value is -3.74. The van der Waals surface area contributed by atoms with E-state index >= 15 is 0 Å². The molecule has 0 bridgehead atoms. The SMILES string of the molecule is c1cc(-c2cnc([C@@H]3CC4C[C@H]4N3)[nH]2)ccc1-c1ccc2cc(-c3cnc([C@@H]4CC5C[C@H]5N4)[nH]3)ccc2c1. The first-order valence-corrected chi connectivity index (χ1v) is 14.0. The molecule has 6 heteroatoms. The second-order valence-electron chi connectivity index (χ2n) is 11.8. The van der Waals surface area contributed by atoms with E-state index in [4.69, 9.17) is 4.98 Å². The quantitative estimate of drug-likeness (QED) is 0.235. The number of H-pyrrole nitrogens is 2. The zero-order valence-electron chi connectivity index (χ0n) is 21.1. The van der Waals surface area contributed by atoms with E-state index in [9.17, 15) is 0 Å². The van der Waals surface area contributed by atoms with Gasteiger partial charge in [-0.25, -0.2) is 9.97 Å². The minimum atomic E-state index is 0.381. The molecule has 2 aromatic heterocycles. The van der Waals surface area contributed by atoms with Gasteiger partial charge in [-0.3, -0.25) is 0 Å². The third-order valence-electron chi connectivity index (χ3n) is 9.28. The van der Waals surface area contributed by atoms with Crippen LogP contribution in [0.25, 0.3) is 44.4 Å². The molecule has 188 valence electrons. The topological polar surface area (TPSA) is 81.4 Å². The largest absolute Gasteiger partial charge is 0.341 e. The van der Waals surface area contributed by atoms with E-state index in [-0.39, 0.29) is 0 Å². The molecule has 0 radical (unpaired) electrons. The van der Waals surface area contributed by atoms with Crippen LogP contribution in [0.1, 0.15) is 49.4 Å². The van der Waals surface area contributed by atoms with Gasteiger partial charge in [0, 0.05) is 17.6 Å². The summed E-state index contributed by atoms with van der Waals surface area (Å²) in [7, 11) is 0. The summed E-state index contributed by atoms with van der Waals surface area (Å²) in [6.07, 6.45) is 9.05. The van der Waals surface area contributed by atoms with Gasteiger partial charge in [0.15, 0.2) is 0 Å². The Balaban J connectivity index is 0.938. The van der Waals surface area contributed by atoms with Gasteiger partial charge in [0.05, 0.1) is 35.9 Å². The zero-order valence-corrected chi connectivity index (χ0v) is 21.1. The number of hydrogen-bond acceptors (Lipinski definition) is 4. The monoisotopic (exact) mass is 498 g/mol. The second kappa shape index (κ2) is 7.88. The van der Waals surface area contributed by atoms with E-state index in [0.29, 0.717) is 12.1 Å². The number of nitrogens with one attached hydrogen (secondary N) is 4. The fourth-order valence-electron chi connectivity index (χ4n) is 6.82. The summed E-state index contributed by atoms with van der Waals surface area (Å²) in [6, 6.07) is 24.4. The predicted octanol–water partition coefficient (Wildman–Crippen LogP) is 6.13. The number of nitrogens with zero attached hydrogens (tertiary/aromatic N) is 2. The molecular weight excluding hydrogens is 468 g/mol. The standard InChI is InChI=1S/C32H30N6/c1-3-18(29-15-33-31(37-29)27-13-23-11-25(23)35-27)4-2-17(1)19-5-6-21-10-22(8-7-20(21)9-19)30-16-34-32(38-30)28-14-24-12-26(24)36-28/h1-10,15-16,23-28,35-36H,11-14H2,(H,33,37)(H,34,38)/t23?,24?,25-,26-,27+,28+/m1/s1. The lowest BCUT2D eigenvalue weighted by molar-refractivity contribution is 0.543. The Kier molecular flexibility index (Phi) is 4.40. The summed E-state index contributed by atoms with van der Waals surface area (Å²) in [5.74, 6) is 3.87. The van der Waals surface area contributed by atoms with Gasteiger partial charge in [0.25, 0.3) is 0 Å². The van der Waals surface area contributed by atoms with E-state index in [1.165, 1.54) is 58.7 Å². The molecule has 2 saturated heterocycles. The second-order valence-corrected chi connectivity index (χ2v) is 11.8. The van der Waals surface area contributed by atoms with Crippen molar-refractivity contribution in [1.82, 2.24) is 30.6 Å². The smallest absolute Gasteiger partial charge is 0.123 e. The van der Waals surface area contributed by atoms with E-state index in [2.05, 4.69) is 86.2 Å². The average Bonchev–Trinajstić information content (AvgIpc) is 3.52. The van der Waals surface area contributed by atoms with Crippen LogP contribution in [-0.4, -0.2) is 32.0 Å². The molecule has 2 aliphatic carbocycles. The first-order chi connectivity index (χ1) is 18.7. The molecule has 4 fully saturated rings. The van der Waals surface area contributed by atoms with E-state index in [0.717, 1.165) is 47.0 Å². The van der Waals surface area contributed by atoms with Crippen LogP contribution < -0.4 is 10.6 Å². The summed E-state index contributed by atoms with van der Waals surface area (Å²) in [4.78, 5) is 16.5. The summed E-state index contributed by atoms with van der Waals surface area (Å²) >= 11 is 0. The van der Waals surface area contributed by atoms with Crippen molar-refractivity contribution < 1.29 is 0 Å². The lowest BCUT2D eigenvalue weighted by Gasteiger charge is -2.10. The number of fused-ring (bicyclic) bond motifs is 3. The molecule has 2 aliphatic heterocycles. The van der Waals surface area contributed by atoms with Crippen LogP contribution in [-0.2, 0) is 0 Å². The summed E-state index contributed by atoms with van der Waals surface area (Å²) in [6.45, 7) is 0. The van der Waals surface area contributed by atoms with Gasteiger partial charge in [0.1, 0.15) is 11.6 Å². The predicted molar refractivity (Wildman–Crippen MR) is 149 cm³/mol. The Morgan fingerprint density at radius 2 is 1.03 bits per heavy atom. The van der Waals surface area contributed by atoms with E-state index in [1.54, 1.807) is 0 Å². The molecule has 5 aromatic rings. The van der Waals surface area contributed by atoms with Gasteiger partial charge >= 0.3 is 0 Å². The van der Waals surface area contributed by atoms with Crippen LogP contribution >= 0.6 is 0 Å². The van der Waals surface area contributed by atoms with Gasteiger partial charge in [-0.1, -0.05) is 48.5 Å². The number of rotatable bonds is 5. The number of aromatic amines is 2. The van der Waals surface area contributed by atoms with Gasteiger partial charge < -0.3 is 20.6 Å². The maximum absolute atomic E-state index is 4.69. The Morgan fingerprint density at radius 1 is 0.526 bits per heavy atom. The molecule has 38 heavy (non-hydrogen) atoms. The highest BCUT2D eigenvalue weighted by atomic mass is 15.1. The van der Waals surface area contributed by atoms with Gasteiger partial charge in [-0.2, -0.15) is 0 Å². The molecule has 2 unspecified atom stereocenters. The van der Waals surface area contributed by atoms with Crippen molar-refractivity contribution >= 4 is 10.8 Å². The summed E-state index contributed by atoms with van der Waals surface area (Å²) < 4.78 is 0. The number of piperidine rings is 2. The first kappa shape index (κ1) is 21.2. The third-order valence-corrected chi connectivity index (χ3v) is 9.28. The van der Waals surface area contributed by atoms with E-state index < -0.39 is 0 Å². The highest BCUT2D eigenvalue weighted by Gasteiger charge is 2.47. The molecule has 2 saturated carbocycles. The summed E-state index contributed by atoms with van der Waals surface area (Å²) in [5, 5.41) is 9.85. The van der Waals surface area contributed by atoms with Gasteiger partial charge in [-0.15, -0.1) is 0 Å². The first-order valence-electron chi connectivity index (χ1n) is 14.0. The lowest BCUT2D eigenvalue weighted by atomic mass is 9.98. The summed E-state index contributed by atoms with van der Waals surface area (Å²) in [5.41, 5.74) is 6.97. The van der Waals surface area contributed by atoms with Crippen molar-refractivity contribution in [3.8, 4) is 33.6 Å². The van der Waals surface area contributed by atoms with Crippen LogP contribution in [0.2, 0.25) is 0 Å². The van der Waals surface area contributed by atoms with Crippen molar-refractivity contribution in [1.29, 1.82) is 0 Å². The van der Waals surface area contributed by atoms with Crippen LogP contribution in [0.4, 0.5) is 0 Å². The highest BCUT2D eigenvalue weighted by molar-refractivity contribution is 5.90. The molecule has 0 spiro atoms. The van der Waals surface area contributed by atoms with E-state index in [1.807, 2.05) is 12.4 Å². The van der Waals surface area contributed by atoms with Crippen LogP contribution in [0.3, 0.4) is 0 Å². The molecule has 4 heterocycles. The van der Waals surface area contributed by atoms with Crippen LogP contribution in [0.5, 0.6) is 0 Å². The molecule has 6 atom stereocenters. The van der Waals surface area contributed by atoms with Crippen molar-refractivity contribution in [2.45, 2.75) is 49.9 Å².